The molecule has 0 amide bonds. The molecule has 0 N–H and O–H groups in total. The Morgan fingerprint density at radius 2 is 1.38 bits per heavy atom. The van der Waals surface area contributed by atoms with Crippen LogP contribution in [0.25, 0.3) is 0 Å². The molecular formula is C16H37NO3Si. The second kappa shape index (κ2) is 13.7. The smallest absolute Gasteiger partial charge is 0.146 e. The van der Waals surface area contributed by atoms with Gasteiger partial charge in [-0.15, -0.1) is 0 Å². The van der Waals surface area contributed by atoms with Crippen molar-refractivity contribution in [3.05, 3.63) is 0 Å². The van der Waals surface area contributed by atoms with Gasteiger partial charge in [-0.05, 0) is 46.1 Å². The Hall–Kier alpha value is 0.0569. The monoisotopic (exact) mass is 319 g/mol. The van der Waals surface area contributed by atoms with E-state index in [4.69, 9.17) is 13.9 Å². The van der Waals surface area contributed by atoms with Crippen molar-refractivity contribution in [1.82, 2.24) is 4.90 Å². The summed E-state index contributed by atoms with van der Waals surface area (Å²) in [5.41, 5.74) is 0.123. The van der Waals surface area contributed by atoms with Crippen LogP contribution in [0.1, 0.15) is 53.4 Å². The zero-order chi connectivity index (χ0) is 16.0. The molecule has 0 saturated heterocycles. The van der Waals surface area contributed by atoms with Crippen LogP contribution in [0.2, 0.25) is 0 Å². The van der Waals surface area contributed by atoms with Gasteiger partial charge in [0.05, 0.1) is 18.8 Å². The fourth-order valence-electron chi connectivity index (χ4n) is 2.63. The van der Waals surface area contributed by atoms with Crippen LogP contribution >= 0.6 is 0 Å². The van der Waals surface area contributed by atoms with Crippen molar-refractivity contribution in [3.8, 4) is 0 Å². The summed E-state index contributed by atoms with van der Waals surface area (Å²) in [6.07, 6.45) is 4.57. The minimum Gasteiger partial charge on any atom is -0.422 e. The second-order valence-electron chi connectivity index (χ2n) is 5.43. The highest BCUT2D eigenvalue weighted by atomic mass is 28.2. The first-order valence-corrected chi connectivity index (χ1v) is 9.42. The summed E-state index contributed by atoms with van der Waals surface area (Å²) < 4.78 is 16.8. The summed E-state index contributed by atoms with van der Waals surface area (Å²) in [7, 11) is 0.829. The van der Waals surface area contributed by atoms with E-state index in [2.05, 4.69) is 18.7 Å². The lowest BCUT2D eigenvalue weighted by Crippen LogP contribution is -2.35. The minimum absolute atomic E-state index is 0.123. The summed E-state index contributed by atoms with van der Waals surface area (Å²) in [4.78, 5) is 2.45. The van der Waals surface area contributed by atoms with Crippen molar-refractivity contribution >= 4 is 10.5 Å². The molecule has 0 aromatic rings. The predicted molar refractivity (Wildman–Crippen MR) is 93.0 cm³/mol. The van der Waals surface area contributed by atoms with Gasteiger partial charge in [0.25, 0.3) is 0 Å². The molecule has 5 heteroatoms. The Labute approximate surface area is 135 Å². The lowest BCUT2D eigenvalue weighted by Gasteiger charge is -2.32. The summed E-state index contributed by atoms with van der Waals surface area (Å²) in [5.74, 6) is 0. The first kappa shape index (κ1) is 21.1. The molecule has 21 heavy (non-hydrogen) atoms. The van der Waals surface area contributed by atoms with E-state index in [-0.39, 0.29) is 5.60 Å². The molecule has 128 valence electrons. The molecule has 0 aromatic heterocycles. The van der Waals surface area contributed by atoms with Crippen molar-refractivity contribution in [2.75, 3.05) is 46.1 Å². The van der Waals surface area contributed by atoms with E-state index in [9.17, 15) is 0 Å². The van der Waals surface area contributed by atoms with E-state index in [1.807, 2.05) is 13.8 Å². The summed E-state index contributed by atoms with van der Waals surface area (Å²) in [6, 6.07) is 0. The largest absolute Gasteiger partial charge is 0.422 e. The number of hydrogen-bond donors (Lipinski definition) is 0. The van der Waals surface area contributed by atoms with E-state index in [1.54, 1.807) is 0 Å². The molecule has 0 saturated carbocycles. The highest BCUT2D eigenvalue weighted by Gasteiger charge is 2.24. The first-order chi connectivity index (χ1) is 10.2. The van der Waals surface area contributed by atoms with Gasteiger partial charge in [0.15, 0.2) is 0 Å². The van der Waals surface area contributed by atoms with Crippen molar-refractivity contribution in [3.63, 3.8) is 0 Å². The summed E-state index contributed by atoms with van der Waals surface area (Å²) >= 11 is 0. The minimum atomic E-state index is 0.123. The van der Waals surface area contributed by atoms with Crippen LogP contribution in [0.3, 0.4) is 0 Å². The Morgan fingerprint density at radius 3 is 1.76 bits per heavy atom. The number of rotatable bonds is 15. The number of nitrogens with zero attached hydrogens (tertiary/aromatic N) is 1. The maximum atomic E-state index is 5.89. The van der Waals surface area contributed by atoms with Crippen LogP contribution in [0.5, 0.6) is 0 Å². The van der Waals surface area contributed by atoms with Crippen LogP contribution in [-0.4, -0.2) is 67.0 Å². The van der Waals surface area contributed by atoms with Gasteiger partial charge < -0.3 is 13.9 Å². The Morgan fingerprint density at radius 1 is 0.857 bits per heavy atom. The quantitative estimate of drug-likeness (QED) is 0.341. The molecule has 0 aromatic carbocycles. The van der Waals surface area contributed by atoms with E-state index in [0.29, 0.717) is 0 Å². The van der Waals surface area contributed by atoms with E-state index >= 15 is 0 Å². The topological polar surface area (TPSA) is 30.9 Å². The van der Waals surface area contributed by atoms with Crippen molar-refractivity contribution < 1.29 is 13.9 Å². The summed E-state index contributed by atoms with van der Waals surface area (Å²) in [5, 5.41) is 0. The normalized spacial score (nSPS) is 12.4. The molecule has 0 spiro atoms. The molecule has 0 fully saturated rings. The lowest BCUT2D eigenvalue weighted by atomic mass is 9.92. The number of ether oxygens (including phenoxy) is 2. The third-order valence-electron chi connectivity index (χ3n) is 4.34. The summed E-state index contributed by atoms with van der Waals surface area (Å²) in [6.45, 7) is 14.9. The van der Waals surface area contributed by atoms with Gasteiger partial charge in [-0.1, -0.05) is 13.8 Å². The van der Waals surface area contributed by atoms with Crippen LogP contribution < -0.4 is 0 Å². The van der Waals surface area contributed by atoms with Crippen LogP contribution in [0.4, 0.5) is 0 Å². The van der Waals surface area contributed by atoms with E-state index in [0.717, 1.165) is 75.8 Å². The number of hydrogen-bond acceptors (Lipinski definition) is 4. The maximum Gasteiger partial charge on any atom is 0.146 e. The van der Waals surface area contributed by atoms with Gasteiger partial charge >= 0.3 is 0 Å². The van der Waals surface area contributed by atoms with Gasteiger partial charge in [-0.3, -0.25) is 4.90 Å². The molecule has 0 aliphatic carbocycles. The first-order valence-electron chi connectivity index (χ1n) is 8.60. The molecule has 0 aliphatic heterocycles. The van der Waals surface area contributed by atoms with Crippen molar-refractivity contribution in [1.29, 1.82) is 0 Å². The van der Waals surface area contributed by atoms with E-state index in [1.165, 1.54) is 6.42 Å². The van der Waals surface area contributed by atoms with Gasteiger partial charge in [-0.25, -0.2) is 0 Å². The molecule has 0 atom stereocenters. The molecule has 0 heterocycles. The standard InChI is InChI=1S/C16H37NO3Si/c1-5-16(6-2,20-21)10-9-11-17(12-14-18-7-3)13-15-19-8-4/h5-15H2,1-4,21H3. The van der Waals surface area contributed by atoms with Crippen LogP contribution in [0.15, 0.2) is 0 Å². The van der Waals surface area contributed by atoms with E-state index < -0.39 is 0 Å². The van der Waals surface area contributed by atoms with Gasteiger partial charge in [-0.2, -0.15) is 0 Å². The molecular weight excluding hydrogens is 282 g/mol. The third-order valence-corrected chi connectivity index (χ3v) is 5.21. The fourth-order valence-corrected chi connectivity index (χ4v) is 3.41. The molecule has 0 unspecified atom stereocenters. The highest BCUT2D eigenvalue weighted by Crippen LogP contribution is 2.25. The Balaban J connectivity index is 4.12. The van der Waals surface area contributed by atoms with Gasteiger partial charge in [0.2, 0.25) is 0 Å². The van der Waals surface area contributed by atoms with Gasteiger partial charge in [0.1, 0.15) is 10.5 Å². The predicted octanol–water partition coefficient (Wildman–Crippen LogP) is 2.00. The maximum absolute atomic E-state index is 5.89. The Kier molecular flexibility index (Phi) is 13.7. The highest BCUT2D eigenvalue weighted by molar-refractivity contribution is 5.98. The molecule has 4 nitrogen and oxygen atoms in total. The van der Waals surface area contributed by atoms with Crippen molar-refractivity contribution in [2.24, 2.45) is 0 Å². The average Bonchev–Trinajstić information content (AvgIpc) is 2.52. The van der Waals surface area contributed by atoms with Gasteiger partial charge in [0, 0.05) is 26.3 Å². The second-order valence-corrected chi connectivity index (χ2v) is 5.84. The molecule has 0 rings (SSSR count). The van der Waals surface area contributed by atoms with Crippen LogP contribution in [0, 0.1) is 0 Å². The molecule has 0 bridgehead atoms. The molecule has 0 radical (unpaired) electrons. The average molecular weight is 320 g/mol. The Bertz CT molecular complexity index is 207. The molecule has 0 aliphatic rings. The zero-order valence-corrected chi connectivity index (χ0v) is 17.0. The van der Waals surface area contributed by atoms with Crippen molar-refractivity contribution in [2.45, 2.75) is 59.0 Å². The zero-order valence-electron chi connectivity index (χ0n) is 15.0. The SMILES string of the molecule is CCOCCN(CCCC(CC)(CC)O[SiH3])CCOCC. The fraction of sp³-hybridized carbons (Fsp3) is 1.00. The van der Waals surface area contributed by atoms with Crippen LogP contribution in [-0.2, 0) is 13.9 Å². The lowest BCUT2D eigenvalue weighted by molar-refractivity contribution is 0.0489. The third kappa shape index (κ3) is 9.63.